The van der Waals surface area contributed by atoms with E-state index in [0.29, 0.717) is 12.8 Å². The van der Waals surface area contributed by atoms with Crippen molar-refractivity contribution in [2.45, 2.75) is 32.7 Å². The number of hydrogen-bond donors (Lipinski definition) is 2. The highest BCUT2D eigenvalue weighted by molar-refractivity contribution is 5.85. The molecule has 1 unspecified atom stereocenters. The molecule has 1 fully saturated rings. The van der Waals surface area contributed by atoms with E-state index in [0.717, 1.165) is 5.56 Å². The molecule has 20 heavy (non-hydrogen) atoms. The number of nitrogens with zero attached hydrogens (tertiary/aromatic N) is 1. The molecule has 1 aliphatic carbocycles. The Bertz CT molecular complexity index is 489. The normalized spacial score (nSPS) is 27.0. The van der Waals surface area contributed by atoms with Crippen LogP contribution in [0.2, 0.25) is 0 Å². The summed E-state index contributed by atoms with van der Waals surface area (Å²) in [7, 11) is 0. The number of amides is 1. The second-order valence-electron chi connectivity index (χ2n) is 5.64. The minimum atomic E-state index is -0.869. The molecule has 4 atom stereocenters. The van der Waals surface area contributed by atoms with Crippen molar-refractivity contribution >= 4 is 11.9 Å². The molecule has 1 amide bonds. The third-order valence-electron chi connectivity index (χ3n) is 4.02. The van der Waals surface area contributed by atoms with Crippen molar-refractivity contribution in [3.8, 4) is 0 Å². The van der Waals surface area contributed by atoms with Crippen LogP contribution in [-0.2, 0) is 9.59 Å². The number of carboxylic acids is 1. The Balaban J connectivity index is 2.02. The first-order valence-electron chi connectivity index (χ1n) is 6.92. The summed E-state index contributed by atoms with van der Waals surface area (Å²) in [6, 6.07) is 3.55. The van der Waals surface area contributed by atoms with Crippen molar-refractivity contribution in [3.63, 3.8) is 0 Å². The Kier molecular flexibility index (Phi) is 4.37. The van der Waals surface area contributed by atoms with Crippen LogP contribution in [0.15, 0.2) is 24.5 Å². The fraction of sp³-hybridized carbons (Fsp3) is 0.533. The number of pyridine rings is 1. The molecule has 1 heterocycles. The molecule has 0 aliphatic heterocycles. The average molecular weight is 276 g/mol. The van der Waals surface area contributed by atoms with Crippen LogP contribution in [0, 0.1) is 17.8 Å². The largest absolute Gasteiger partial charge is 0.481 e. The Hall–Kier alpha value is -1.91. The Labute approximate surface area is 118 Å². The predicted octanol–water partition coefficient (Wildman–Crippen LogP) is 2.01. The molecule has 108 valence electrons. The first-order valence-corrected chi connectivity index (χ1v) is 6.92. The summed E-state index contributed by atoms with van der Waals surface area (Å²) in [6.07, 6.45) is 4.58. The summed E-state index contributed by atoms with van der Waals surface area (Å²) in [6.45, 7) is 3.89. The first kappa shape index (κ1) is 14.5. The minimum Gasteiger partial charge on any atom is -0.481 e. The van der Waals surface area contributed by atoms with Crippen LogP contribution < -0.4 is 5.32 Å². The molecule has 0 aromatic carbocycles. The van der Waals surface area contributed by atoms with Crippen molar-refractivity contribution in [2.75, 3.05) is 0 Å². The van der Waals surface area contributed by atoms with Crippen LogP contribution in [0.3, 0.4) is 0 Å². The van der Waals surface area contributed by atoms with Gasteiger partial charge in [0.15, 0.2) is 0 Å². The van der Waals surface area contributed by atoms with E-state index in [1.54, 1.807) is 12.4 Å². The minimum absolute atomic E-state index is 0.143. The van der Waals surface area contributed by atoms with Gasteiger partial charge in [-0.05, 0) is 43.4 Å². The third kappa shape index (κ3) is 3.15. The second kappa shape index (κ2) is 6.03. The molecular weight excluding hydrogens is 256 g/mol. The standard InChI is InChI=1S/C15H20N2O3/c1-9-7-12(13(8-9)15(19)20)14(18)17-10(2)11-3-5-16-6-4-11/h3-6,9-10,12-13H,7-8H2,1-2H3,(H,17,18)(H,19,20)/t9?,10-,12+,13-/m1/s1. The first-order chi connectivity index (χ1) is 9.49. The lowest BCUT2D eigenvalue weighted by atomic mass is 9.95. The number of rotatable bonds is 4. The maximum absolute atomic E-state index is 12.3. The number of aromatic nitrogens is 1. The van der Waals surface area contributed by atoms with E-state index in [-0.39, 0.29) is 17.9 Å². The fourth-order valence-electron chi connectivity index (χ4n) is 2.91. The highest BCUT2D eigenvalue weighted by Gasteiger charge is 2.41. The van der Waals surface area contributed by atoms with Gasteiger partial charge < -0.3 is 10.4 Å². The lowest BCUT2D eigenvalue weighted by Gasteiger charge is -2.19. The van der Waals surface area contributed by atoms with Gasteiger partial charge in [0.2, 0.25) is 5.91 Å². The average Bonchev–Trinajstić information content (AvgIpc) is 2.82. The Morgan fingerprint density at radius 1 is 1.30 bits per heavy atom. The van der Waals surface area contributed by atoms with E-state index in [1.807, 2.05) is 26.0 Å². The van der Waals surface area contributed by atoms with Crippen LogP contribution in [0.4, 0.5) is 0 Å². The van der Waals surface area contributed by atoms with Crippen LogP contribution in [0.25, 0.3) is 0 Å². The molecule has 0 spiro atoms. The zero-order valence-corrected chi connectivity index (χ0v) is 11.7. The number of carbonyl (C=O) groups excluding carboxylic acids is 1. The maximum atomic E-state index is 12.3. The summed E-state index contributed by atoms with van der Waals surface area (Å²) in [5.41, 5.74) is 0.964. The summed E-state index contributed by atoms with van der Waals surface area (Å²) in [5, 5.41) is 12.1. The number of carboxylic acid groups (broad SMARTS) is 1. The predicted molar refractivity (Wildman–Crippen MR) is 73.8 cm³/mol. The van der Waals surface area contributed by atoms with E-state index in [1.165, 1.54) is 0 Å². The maximum Gasteiger partial charge on any atom is 0.307 e. The molecule has 1 aromatic heterocycles. The van der Waals surface area contributed by atoms with Crippen molar-refractivity contribution < 1.29 is 14.7 Å². The summed E-state index contributed by atoms with van der Waals surface area (Å²) in [4.78, 5) is 27.5. The molecule has 1 aliphatic rings. The third-order valence-corrected chi connectivity index (χ3v) is 4.02. The van der Waals surface area contributed by atoms with Gasteiger partial charge in [0, 0.05) is 12.4 Å². The highest BCUT2D eigenvalue weighted by atomic mass is 16.4. The molecule has 5 heteroatoms. The van der Waals surface area contributed by atoms with Gasteiger partial charge in [-0.1, -0.05) is 6.92 Å². The number of hydrogen-bond acceptors (Lipinski definition) is 3. The van der Waals surface area contributed by atoms with Crippen LogP contribution in [-0.4, -0.2) is 22.0 Å². The van der Waals surface area contributed by atoms with E-state index < -0.39 is 17.8 Å². The van der Waals surface area contributed by atoms with Gasteiger partial charge in [0.05, 0.1) is 17.9 Å². The van der Waals surface area contributed by atoms with Gasteiger partial charge in [-0.2, -0.15) is 0 Å². The zero-order valence-electron chi connectivity index (χ0n) is 11.7. The van der Waals surface area contributed by atoms with Gasteiger partial charge >= 0.3 is 5.97 Å². The summed E-state index contributed by atoms with van der Waals surface area (Å²) >= 11 is 0. The lowest BCUT2D eigenvalue weighted by Crippen LogP contribution is -2.36. The van der Waals surface area contributed by atoms with Crippen molar-refractivity contribution in [3.05, 3.63) is 30.1 Å². The summed E-state index contributed by atoms with van der Waals surface area (Å²) < 4.78 is 0. The van der Waals surface area contributed by atoms with Gasteiger partial charge in [-0.25, -0.2) is 0 Å². The van der Waals surface area contributed by atoms with Crippen molar-refractivity contribution in [1.82, 2.24) is 10.3 Å². The lowest BCUT2D eigenvalue weighted by molar-refractivity contribution is -0.146. The Morgan fingerprint density at radius 3 is 2.50 bits per heavy atom. The molecule has 5 nitrogen and oxygen atoms in total. The van der Waals surface area contributed by atoms with E-state index >= 15 is 0 Å². The van der Waals surface area contributed by atoms with E-state index in [9.17, 15) is 14.7 Å². The van der Waals surface area contributed by atoms with Crippen LogP contribution >= 0.6 is 0 Å². The quantitative estimate of drug-likeness (QED) is 0.881. The SMILES string of the molecule is CC1C[C@H](C(=O)N[C@H](C)c2ccncc2)[C@H](C(=O)O)C1. The van der Waals surface area contributed by atoms with Gasteiger partial charge in [-0.15, -0.1) is 0 Å². The van der Waals surface area contributed by atoms with Gasteiger partial charge in [0.25, 0.3) is 0 Å². The molecule has 2 N–H and O–H groups in total. The topological polar surface area (TPSA) is 79.3 Å². The number of aliphatic carboxylic acids is 1. The Morgan fingerprint density at radius 2 is 1.90 bits per heavy atom. The molecule has 1 aromatic rings. The highest BCUT2D eigenvalue weighted by Crippen LogP contribution is 2.36. The van der Waals surface area contributed by atoms with Gasteiger partial charge in [-0.3, -0.25) is 14.6 Å². The summed E-state index contributed by atoms with van der Waals surface area (Å²) in [5.74, 6) is -1.73. The van der Waals surface area contributed by atoms with E-state index in [2.05, 4.69) is 10.3 Å². The monoisotopic (exact) mass is 276 g/mol. The molecule has 0 bridgehead atoms. The second-order valence-corrected chi connectivity index (χ2v) is 5.64. The fourth-order valence-corrected chi connectivity index (χ4v) is 2.91. The molecular formula is C15H20N2O3. The number of nitrogens with one attached hydrogen (secondary N) is 1. The molecule has 2 rings (SSSR count). The van der Waals surface area contributed by atoms with Crippen LogP contribution in [0.1, 0.15) is 38.3 Å². The smallest absolute Gasteiger partial charge is 0.307 e. The van der Waals surface area contributed by atoms with Gasteiger partial charge in [0.1, 0.15) is 0 Å². The van der Waals surface area contributed by atoms with Crippen LogP contribution in [0.5, 0.6) is 0 Å². The van der Waals surface area contributed by atoms with E-state index in [4.69, 9.17) is 0 Å². The van der Waals surface area contributed by atoms with Crippen molar-refractivity contribution in [1.29, 1.82) is 0 Å². The molecule has 1 saturated carbocycles. The molecule has 0 radical (unpaired) electrons. The zero-order chi connectivity index (χ0) is 14.7. The number of carbonyl (C=O) groups is 2. The molecule has 0 saturated heterocycles. The van der Waals surface area contributed by atoms with Crippen molar-refractivity contribution in [2.24, 2.45) is 17.8 Å².